The summed E-state index contributed by atoms with van der Waals surface area (Å²) < 4.78 is 209. The molecule has 0 nitrogen and oxygen atoms in total. The molecule has 0 spiro atoms. The van der Waals surface area contributed by atoms with Crippen molar-refractivity contribution < 1.29 is 65.9 Å². The smallest absolute Gasteiger partial charge is 0.204 e. The minimum absolute atomic E-state index is 0. The Morgan fingerprint density at radius 1 is 0.229 bits per heavy atom. The molecular weight excluding hydrogens is 519 g/mol. The summed E-state index contributed by atoms with van der Waals surface area (Å²) in [6, 6.07) is 0. The van der Waals surface area contributed by atoms with Crippen LogP contribution in [0, 0.1) is 87.3 Å². The van der Waals surface area contributed by atoms with Crippen molar-refractivity contribution in [2.24, 2.45) is 0 Å². The second-order valence-electron chi connectivity index (χ2n) is 6.38. The zero-order valence-electron chi connectivity index (χ0n) is 16.2. The fourth-order valence-electron chi connectivity index (χ4n) is 3.06. The van der Waals surface area contributed by atoms with Gasteiger partial charge in [-0.1, -0.05) is 0 Å². The van der Waals surface area contributed by atoms with Crippen molar-refractivity contribution in [3.05, 3.63) is 87.3 Å². The Bertz CT molecular complexity index is 1120. The van der Waals surface area contributed by atoms with Crippen LogP contribution in [0.5, 0.6) is 0 Å². The van der Waals surface area contributed by atoms with Crippen LogP contribution in [0.2, 0.25) is 0 Å². The van der Waals surface area contributed by atoms with E-state index in [0.717, 1.165) is 0 Å². The van der Waals surface area contributed by atoms with Gasteiger partial charge in [0.2, 0.25) is 0 Å². The normalized spacial score (nSPS) is 11.1. The molecule has 0 aliphatic heterocycles. The molecule has 0 saturated carbocycles. The monoisotopic (exact) mass is 519 g/mol. The standard InChI is InChI=1S/C18BF15.Li/c20-4-1(5(21)11(27)16(32)10(4)26)19(2-6(22)12(28)17(33)13(29)7(2)23)3-8(24)14(30)18(34)15(31)9(3)25;. The van der Waals surface area contributed by atoms with Crippen LogP contribution >= 0.6 is 0 Å². The largest absolute Gasteiger partial charge is 0.265 e. The van der Waals surface area contributed by atoms with Gasteiger partial charge in [-0.25, -0.2) is 65.9 Å². The third-order valence-electron chi connectivity index (χ3n) is 4.60. The molecule has 0 fully saturated rings. The maximum absolute atomic E-state index is 14.4. The first-order valence-corrected chi connectivity index (χ1v) is 8.20. The van der Waals surface area contributed by atoms with Crippen molar-refractivity contribution in [2.45, 2.75) is 0 Å². The summed E-state index contributed by atoms with van der Waals surface area (Å²) in [7, 11) is 0. The molecule has 1 radical (unpaired) electrons. The number of halogens is 15. The van der Waals surface area contributed by atoms with E-state index in [0.29, 0.717) is 0 Å². The summed E-state index contributed by atoms with van der Waals surface area (Å²) in [6.45, 7) is -3.96. The molecule has 3 aromatic carbocycles. The number of hydrogen-bond donors (Lipinski definition) is 0. The molecule has 0 aromatic heterocycles. The molecule has 0 bridgehead atoms. The molecule has 0 atom stereocenters. The third-order valence-corrected chi connectivity index (χ3v) is 4.60. The first kappa shape index (κ1) is 28.5. The van der Waals surface area contributed by atoms with E-state index in [1.807, 2.05) is 0 Å². The summed E-state index contributed by atoms with van der Waals surface area (Å²) in [5, 5.41) is 0. The maximum atomic E-state index is 14.4. The predicted octanol–water partition coefficient (Wildman–Crippen LogP) is 3.91. The fourth-order valence-corrected chi connectivity index (χ4v) is 3.06. The molecule has 3 aromatic rings. The summed E-state index contributed by atoms with van der Waals surface area (Å²) in [5.41, 5.74) is -8.03. The van der Waals surface area contributed by atoms with Crippen LogP contribution in [0.25, 0.3) is 0 Å². The number of rotatable bonds is 3. The summed E-state index contributed by atoms with van der Waals surface area (Å²) in [4.78, 5) is 0. The van der Waals surface area contributed by atoms with E-state index >= 15 is 0 Å². The zero-order chi connectivity index (χ0) is 26.0. The van der Waals surface area contributed by atoms with Crippen molar-refractivity contribution in [1.29, 1.82) is 0 Å². The van der Waals surface area contributed by atoms with E-state index in [-0.39, 0.29) is 18.9 Å². The average Bonchev–Trinajstić information content (AvgIpc) is 2.81. The maximum Gasteiger partial charge on any atom is 0.265 e. The number of benzene rings is 3. The second kappa shape index (κ2) is 9.73. The SMILES string of the molecule is Fc1c(F)c(F)c(B(c2c(F)c(F)c(F)c(F)c2F)c2c(F)c(F)c(F)c(F)c2F)c(F)c1F.[Li]. The molecule has 181 valence electrons. The van der Waals surface area contributed by atoms with Crippen molar-refractivity contribution in [1.82, 2.24) is 0 Å². The predicted molar refractivity (Wildman–Crippen MR) is 89.1 cm³/mol. The van der Waals surface area contributed by atoms with Crippen LogP contribution in [0.4, 0.5) is 65.9 Å². The average molecular weight is 519 g/mol. The molecule has 0 aliphatic rings. The summed E-state index contributed by atoms with van der Waals surface area (Å²) in [5.74, 6) is -45.2. The van der Waals surface area contributed by atoms with E-state index in [2.05, 4.69) is 0 Å². The van der Waals surface area contributed by atoms with Gasteiger partial charge in [0.1, 0.15) is 0 Å². The van der Waals surface area contributed by atoms with Crippen LogP contribution in [-0.2, 0) is 0 Å². The fraction of sp³-hybridized carbons (Fsp3) is 0. The Hall–Kier alpha value is -2.73. The van der Waals surface area contributed by atoms with Crippen LogP contribution in [-0.4, -0.2) is 25.6 Å². The van der Waals surface area contributed by atoms with Gasteiger partial charge in [-0.05, 0) is 0 Å². The molecule has 17 heteroatoms. The second-order valence-corrected chi connectivity index (χ2v) is 6.38. The Morgan fingerprint density at radius 2 is 0.343 bits per heavy atom. The van der Waals surface area contributed by atoms with Crippen molar-refractivity contribution in [3.63, 3.8) is 0 Å². The molecule has 0 saturated heterocycles. The summed E-state index contributed by atoms with van der Waals surface area (Å²) in [6.07, 6.45) is 0. The van der Waals surface area contributed by atoms with Gasteiger partial charge >= 0.3 is 0 Å². The van der Waals surface area contributed by atoms with Crippen molar-refractivity contribution in [2.75, 3.05) is 0 Å². The zero-order valence-corrected chi connectivity index (χ0v) is 16.2. The van der Waals surface area contributed by atoms with Crippen LogP contribution in [0.15, 0.2) is 0 Å². The Labute approximate surface area is 195 Å². The molecule has 3 rings (SSSR count). The van der Waals surface area contributed by atoms with E-state index in [4.69, 9.17) is 0 Å². The molecule has 0 amide bonds. The number of hydrogen-bond acceptors (Lipinski definition) is 0. The van der Waals surface area contributed by atoms with E-state index in [1.165, 1.54) is 0 Å². The van der Waals surface area contributed by atoms with E-state index < -0.39 is 110 Å². The van der Waals surface area contributed by atoms with E-state index in [1.54, 1.807) is 0 Å². The molecule has 35 heavy (non-hydrogen) atoms. The topological polar surface area (TPSA) is 0 Å². The molecule has 0 aliphatic carbocycles. The Kier molecular flexibility index (Phi) is 7.93. The quantitative estimate of drug-likeness (QED) is 0.213. The van der Waals surface area contributed by atoms with E-state index in [9.17, 15) is 65.9 Å². The van der Waals surface area contributed by atoms with Crippen LogP contribution < -0.4 is 16.4 Å². The van der Waals surface area contributed by atoms with Gasteiger partial charge in [-0.3, -0.25) is 0 Å². The van der Waals surface area contributed by atoms with Gasteiger partial charge in [0.15, 0.2) is 87.3 Å². The summed E-state index contributed by atoms with van der Waals surface area (Å²) >= 11 is 0. The molecule has 0 unspecified atom stereocenters. The van der Waals surface area contributed by atoms with Crippen molar-refractivity contribution in [3.8, 4) is 0 Å². The Balaban J connectivity index is 0.00000432. The first-order valence-electron chi connectivity index (χ1n) is 8.20. The van der Waals surface area contributed by atoms with Crippen LogP contribution in [0.3, 0.4) is 0 Å². The van der Waals surface area contributed by atoms with Gasteiger partial charge in [0.25, 0.3) is 6.71 Å². The van der Waals surface area contributed by atoms with Gasteiger partial charge < -0.3 is 0 Å². The minimum atomic E-state index is -3.96. The van der Waals surface area contributed by atoms with Gasteiger partial charge in [0.05, 0.1) is 0 Å². The molecule has 0 heterocycles. The minimum Gasteiger partial charge on any atom is -0.204 e. The van der Waals surface area contributed by atoms with Crippen molar-refractivity contribution >= 4 is 42.0 Å². The first-order chi connectivity index (χ1) is 15.7. The molecular formula is C18BF15Li. The van der Waals surface area contributed by atoms with Gasteiger partial charge in [-0.15, -0.1) is 0 Å². The van der Waals surface area contributed by atoms with Crippen LogP contribution in [0.1, 0.15) is 0 Å². The van der Waals surface area contributed by atoms with Gasteiger partial charge in [-0.2, -0.15) is 0 Å². The Morgan fingerprint density at radius 3 is 0.486 bits per heavy atom. The third kappa shape index (κ3) is 4.06. The van der Waals surface area contributed by atoms with Gasteiger partial charge in [0, 0.05) is 35.2 Å². The molecule has 0 N–H and O–H groups in total.